The van der Waals surface area contributed by atoms with Crippen molar-refractivity contribution in [2.24, 2.45) is 0 Å². The van der Waals surface area contributed by atoms with Crippen molar-refractivity contribution >= 4 is 16.7 Å². The molecule has 0 atom stereocenters. The minimum absolute atomic E-state index is 0.540. The highest BCUT2D eigenvalue weighted by molar-refractivity contribution is 5.78. The highest BCUT2D eigenvalue weighted by Gasteiger charge is 2.19. The summed E-state index contributed by atoms with van der Waals surface area (Å²) < 4.78 is 2.06. The van der Waals surface area contributed by atoms with Crippen molar-refractivity contribution in [2.45, 2.75) is 31.7 Å². The number of aromatic nitrogens is 3. The molecular formula is C11H14N4. The van der Waals surface area contributed by atoms with Crippen LogP contribution >= 0.6 is 0 Å². The van der Waals surface area contributed by atoms with Crippen molar-refractivity contribution in [3.05, 3.63) is 18.2 Å². The van der Waals surface area contributed by atoms with Crippen LogP contribution in [0, 0.1) is 0 Å². The maximum Gasteiger partial charge on any atom is 0.115 e. The van der Waals surface area contributed by atoms with E-state index in [4.69, 9.17) is 5.73 Å². The fourth-order valence-electron chi connectivity index (χ4n) is 2.38. The van der Waals surface area contributed by atoms with Crippen molar-refractivity contribution in [2.75, 3.05) is 5.73 Å². The number of hydrogen-bond donors (Lipinski definition) is 1. The van der Waals surface area contributed by atoms with Gasteiger partial charge in [-0.3, -0.25) is 0 Å². The van der Waals surface area contributed by atoms with Gasteiger partial charge in [0.15, 0.2) is 0 Å². The Hall–Kier alpha value is -1.58. The molecule has 0 bridgehead atoms. The first-order chi connectivity index (χ1) is 7.34. The summed E-state index contributed by atoms with van der Waals surface area (Å²) in [4.78, 5) is 0. The van der Waals surface area contributed by atoms with Gasteiger partial charge in [-0.2, -0.15) is 0 Å². The first kappa shape index (κ1) is 8.71. The third-order valence-electron chi connectivity index (χ3n) is 3.17. The Balaban J connectivity index is 2.11. The molecule has 1 aromatic carbocycles. The Morgan fingerprint density at radius 1 is 1.27 bits per heavy atom. The van der Waals surface area contributed by atoms with Crippen LogP contribution in [0.1, 0.15) is 31.7 Å². The number of rotatable bonds is 1. The van der Waals surface area contributed by atoms with Gasteiger partial charge >= 0.3 is 0 Å². The molecule has 15 heavy (non-hydrogen) atoms. The molecule has 2 aromatic rings. The standard InChI is InChI=1S/C11H14N4/c12-8-5-6-11-10(7-8)13-14-15(11)9-3-1-2-4-9/h5-7,9H,1-4,12H2. The predicted octanol–water partition coefficient (Wildman–Crippen LogP) is 2.13. The second kappa shape index (κ2) is 3.22. The van der Waals surface area contributed by atoms with Crippen molar-refractivity contribution in [3.8, 4) is 0 Å². The summed E-state index contributed by atoms with van der Waals surface area (Å²) in [7, 11) is 0. The van der Waals surface area contributed by atoms with Crippen LogP contribution in [0.3, 0.4) is 0 Å². The van der Waals surface area contributed by atoms with E-state index in [1.807, 2.05) is 18.2 Å². The number of hydrogen-bond acceptors (Lipinski definition) is 3. The van der Waals surface area contributed by atoms with E-state index in [9.17, 15) is 0 Å². The summed E-state index contributed by atoms with van der Waals surface area (Å²) in [5, 5.41) is 8.39. The van der Waals surface area contributed by atoms with Gasteiger partial charge in [-0.25, -0.2) is 4.68 Å². The fourth-order valence-corrected chi connectivity index (χ4v) is 2.38. The second-order valence-electron chi connectivity index (χ2n) is 4.22. The summed E-state index contributed by atoms with van der Waals surface area (Å²) in [6.45, 7) is 0. The highest BCUT2D eigenvalue weighted by atomic mass is 15.4. The molecule has 1 aliphatic rings. The Kier molecular flexibility index (Phi) is 1.87. The van der Waals surface area contributed by atoms with E-state index in [0.29, 0.717) is 6.04 Å². The fraction of sp³-hybridized carbons (Fsp3) is 0.455. The first-order valence-corrected chi connectivity index (χ1v) is 5.45. The summed E-state index contributed by atoms with van der Waals surface area (Å²) in [5.41, 5.74) is 8.47. The maximum atomic E-state index is 5.71. The normalized spacial score (nSPS) is 17.6. The zero-order chi connectivity index (χ0) is 10.3. The van der Waals surface area contributed by atoms with Gasteiger partial charge in [0.1, 0.15) is 5.52 Å². The van der Waals surface area contributed by atoms with Crippen LogP contribution in [0.15, 0.2) is 18.2 Å². The number of benzene rings is 1. The molecule has 3 rings (SSSR count). The number of nitrogens with zero attached hydrogens (tertiary/aromatic N) is 3. The van der Waals surface area contributed by atoms with Crippen LogP contribution in [0.4, 0.5) is 5.69 Å². The second-order valence-corrected chi connectivity index (χ2v) is 4.22. The SMILES string of the molecule is Nc1ccc2c(c1)nnn2C1CCCC1. The molecule has 0 saturated heterocycles. The molecule has 78 valence electrons. The van der Waals surface area contributed by atoms with E-state index in [-0.39, 0.29) is 0 Å². The lowest BCUT2D eigenvalue weighted by atomic mass is 10.2. The summed E-state index contributed by atoms with van der Waals surface area (Å²) >= 11 is 0. The summed E-state index contributed by atoms with van der Waals surface area (Å²) in [6.07, 6.45) is 5.06. The van der Waals surface area contributed by atoms with E-state index < -0.39 is 0 Å². The van der Waals surface area contributed by atoms with E-state index in [0.717, 1.165) is 16.7 Å². The largest absolute Gasteiger partial charge is 0.399 e. The molecule has 0 aliphatic heterocycles. The molecule has 1 aliphatic carbocycles. The van der Waals surface area contributed by atoms with Gasteiger partial charge in [-0.1, -0.05) is 18.1 Å². The third kappa shape index (κ3) is 1.37. The Morgan fingerprint density at radius 3 is 2.87 bits per heavy atom. The lowest BCUT2D eigenvalue weighted by molar-refractivity contribution is 0.467. The molecule has 0 unspecified atom stereocenters. The van der Waals surface area contributed by atoms with Crippen LogP contribution in [0.5, 0.6) is 0 Å². The Morgan fingerprint density at radius 2 is 2.07 bits per heavy atom. The van der Waals surface area contributed by atoms with E-state index in [1.165, 1.54) is 25.7 Å². The number of anilines is 1. The molecule has 0 amide bonds. The Labute approximate surface area is 88.1 Å². The van der Waals surface area contributed by atoms with Crippen LogP contribution in [0.2, 0.25) is 0 Å². The van der Waals surface area contributed by atoms with Gasteiger partial charge in [-0.05, 0) is 31.0 Å². The molecule has 2 N–H and O–H groups in total. The van der Waals surface area contributed by atoms with Gasteiger partial charge in [0, 0.05) is 5.69 Å². The molecule has 4 nitrogen and oxygen atoms in total. The third-order valence-corrected chi connectivity index (χ3v) is 3.17. The lowest BCUT2D eigenvalue weighted by Crippen LogP contribution is -2.06. The van der Waals surface area contributed by atoms with E-state index >= 15 is 0 Å². The highest BCUT2D eigenvalue weighted by Crippen LogP contribution is 2.31. The first-order valence-electron chi connectivity index (χ1n) is 5.45. The van der Waals surface area contributed by atoms with Crippen LogP contribution in [0.25, 0.3) is 11.0 Å². The molecule has 4 heteroatoms. The number of nitrogen functional groups attached to an aromatic ring is 1. The summed E-state index contributed by atoms with van der Waals surface area (Å²) in [5.74, 6) is 0. The topological polar surface area (TPSA) is 56.7 Å². The average Bonchev–Trinajstić information content (AvgIpc) is 2.82. The van der Waals surface area contributed by atoms with Crippen LogP contribution in [-0.2, 0) is 0 Å². The van der Waals surface area contributed by atoms with Gasteiger partial charge in [0.2, 0.25) is 0 Å². The maximum absolute atomic E-state index is 5.71. The monoisotopic (exact) mass is 202 g/mol. The number of nitrogens with two attached hydrogens (primary N) is 1. The van der Waals surface area contributed by atoms with E-state index in [1.54, 1.807) is 0 Å². The van der Waals surface area contributed by atoms with Crippen LogP contribution < -0.4 is 5.73 Å². The smallest absolute Gasteiger partial charge is 0.115 e. The zero-order valence-electron chi connectivity index (χ0n) is 8.56. The van der Waals surface area contributed by atoms with Crippen LogP contribution in [-0.4, -0.2) is 15.0 Å². The molecule has 1 fully saturated rings. The molecular weight excluding hydrogens is 188 g/mol. The van der Waals surface area contributed by atoms with Gasteiger partial charge < -0.3 is 5.73 Å². The van der Waals surface area contributed by atoms with E-state index in [2.05, 4.69) is 15.0 Å². The van der Waals surface area contributed by atoms with Crippen molar-refractivity contribution in [1.82, 2.24) is 15.0 Å². The minimum atomic E-state index is 0.540. The van der Waals surface area contributed by atoms with Crippen molar-refractivity contribution in [3.63, 3.8) is 0 Å². The molecule has 1 aromatic heterocycles. The molecule has 1 saturated carbocycles. The van der Waals surface area contributed by atoms with Gasteiger partial charge in [0.05, 0.1) is 11.6 Å². The quantitative estimate of drug-likeness (QED) is 0.721. The minimum Gasteiger partial charge on any atom is -0.399 e. The molecule has 1 heterocycles. The van der Waals surface area contributed by atoms with Gasteiger partial charge in [0.25, 0.3) is 0 Å². The zero-order valence-corrected chi connectivity index (χ0v) is 8.56. The Bertz CT molecular complexity index is 482. The molecule has 0 radical (unpaired) electrons. The molecule has 0 spiro atoms. The van der Waals surface area contributed by atoms with Crippen molar-refractivity contribution < 1.29 is 0 Å². The predicted molar refractivity (Wildman–Crippen MR) is 59.4 cm³/mol. The summed E-state index contributed by atoms with van der Waals surface area (Å²) in [6, 6.07) is 6.35. The van der Waals surface area contributed by atoms with Gasteiger partial charge in [-0.15, -0.1) is 5.10 Å². The van der Waals surface area contributed by atoms with Crippen molar-refractivity contribution in [1.29, 1.82) is 0 Å². The lowest BCUT2D eigenvalue weighted by Gasteiger charge is -2.09. The average molecular weight is 202 g/mol. The number of fused-ring (bicyclic) bond motifs is 1.